The van der Waals surface area contributed by atoms with Crippen molar-refractivity contribution in [1.29, 1.82) is 0 Å². The minimum atomic E-state index is 0.121. The SMILES string of the molecule is CCn1cc(-c2cc(C(=O)N3CCCC[C@H]3C)c3c(C)cc(C)cc3n2)cn1. The van der Waals surface area contributed by atoms with Crippen LogP contribution in [0.1, 0.15) is 54.6 Å². The second kappa shape index (κ2) is 7.38. The summed E-state index contributed by atoms with van der Waals surface area (Å²) >= 11 is 0. The van der Waals surface area contributed by atoms with Crippen LogP contribution in [-0.4, -0.2) is 38.2 Å². The van der Waals surface area contributed by atoms with Gasteiger partial charge in [0.15, 0.2) is 0 Å². The lowest BCUT2D eigenvalue weighted by atomic mass is 9.96. The van der Waals surface area contributed by atoms with Gasteiger partial charge in [-0.25, -0.2) is 4.98 Å². The molecule has 146 valence electrons. The monoisotopic (exact) mass is 376 g/mol. The van der Waals surface area contributed by atoms with Crippen molar-refractivity contribution in [3.63, 3.8) is 0 Å². The Morgan fingerprint density at radius 2 is 2.04 bits per heavy atom. The lowest BCUT2D eigenvalue weighted by Crippen LogP contribution is -2.42. The summed E-state index contributed by atoms with van der Waals surface area (Å²) in [6.07, 6.45) is 7.17. The number of piperidine rings is 1. The number of nitrogens with zero attached hydrogens (tertiary/aromatic N) is 4. The highest BCUT2D eigenvalue weighted by molar-refractivity contribution is 6.08. The molecule has 5 nitrogen and oxygen atoms in total. The largest absolute Gasteiger partial charge is 0.336 e. The number of aromatic nitrogens is 3. The van der Waals surface area contributed by atoms with Gasteiger partial charge >= 0.3 is 0 Å². The third-order valence-electron chi connectivity index (χ3n) is 5.80. The molecule has 1 amide bonds. The molecular formula is C23H28N4O. The molecule has 1 atom stereocenters. The van der Waals surface area contributed by atoms with E-state index in [2.05, 4.69) is 44.9 Å². The molecule has 1 aromatic carbocycles. The van der Waals surface area contributed by atoms with Crippen LogP contribution in [0.15, 0.2) is 30.6 Å². The maximum atomic E-state index is 13.6. The number of benzene rings is 1. The molecule has 0 N–H and O–H groups in total. The Morgan fingerprint density at radius 1 is 1.21 bits per heavy atom. The van der Waals surface area contributed by atoms with Crippen LogP contribution in [-0.2, 0) is 6.54 Å². The highest BCUT2D eigenvalue weighted by Gasteiger charge is 2.27. The van der Waals surface area contributed by atoms with E-state index < -0.39 is 0 Å². The molecule has 1 aliphatic rings. The number of pyridine rings is 1. The van der Waals surface area contributed by atoms with Gasteiger partial charge in [-0.05, 0) is 70.2 Å². The third kappa shape index (κ3) is 3.30. The molecule has 0 spiro atoms. The number of amides is 1. The Balaban J connectivity index is 1.90. The standard InChI is InChI=1S/C23H28N4O/c1-5-26-14-18(13-24-26)20-12-19(23(28)27-9-7-6-8-17(27)4)22-16(3)10-15(2)11-21(22)25-20/h10-14,17H,5-9H2,1-4H3/t17-/m1/s1. The number of hydrogen-bond acceptors (Lipinski definition) is 3. The van der Waals surface area contributed by atoms with Crippen LogP contribution in [0.2, 0.25) is 0 Å². The average Bonchev–Trinajstić information content (AvgIpc) is 3.16. The van der Waals surface area contributed by atoms with Gasteiger partial charge in [0.1, 0.15) is 0 Å². The van der Waals surface area contributed by atoms with E-state index in [9.17, 15) is 4.79 Å². The molecular weight excluding hydrogens is 348 g/mol. The van der Waals surface area contributed by atoms with Crippen LogP contribution in [0.25, 0.3) is 22.2 Å². The van der Waals surface area contributed by atoms with Crippen LogP contribution in [0.3, 0.4) is 0 Å². The molecule has 2 aromatic heterocycles. The number of hydrogen-bond donors (Lipinski definition) is 0. The number of rotatable bonds is 3. The average molecular weight is 377 g/mol. The van der Waals surface area contributed by atoms with Crippen LogP contribution < -0.4 is 0 Å². The molecule has 0 radical (unpaired) electrons. The Morgan fingerprint density at radius 3 is 2.75 bits per heavy atom. The number of carbonyl (C=O) groups is 1. The van der Waals surface area contributed by atoms with E-state index >= 15 is 0 Å². The molecule has 0 aliphatic carbocycles. The number of likely N-dealkylation sites (tertiary alicyclic amines) is 1. The lowest BCUT2D eigenvalue weighted by molar-refractivity contribution is 0.0637. The van der Waals surface area contributed by atoms with Gasteiger partial charge in [0.05, 0.1) is 23.0 Å². The van der Waals surface area contributed by atoms with Gasteiger partial charge in [-0.1, -0.05) is 6.07 Å². The first-order valence-electron chi connectivity index (χ1n) is 10.2. The van der Waals surface area contributed by atoms with Gasteiger partial charge in [-0.2, -0.15) is 5.10 Å². The van der Waals surface area contributed by atoms with Crippen molar-refractivity contribution < 1.29 is 4.79 Å². The summed E-state index contributed by atoms with van der Waals surface area (Å²) in [6.45, 7) is 10.0. The second-order valence-electron chi connectivity index (χ2n) is 7.96. The quantitative estimate of drug-likeness (QED) is 0.663. The van der Waals surface area contributed by atoms with E-state index in [0.29, 0.717) is 0 Å². The van der Waals surface area contributed by atoms with E-state index in [1.807, 2.05) is 28.0 Å². The van der Waals surface area contributed by atoms with E-state index in [1.165, 1.54) is 6.42 Å². The van der Waals surface area contributed by atoms with E-state index in [-0.39, 0.29) is 11.9 Å². The highest BCUT2D eigenvalue weighted by Crippen LogP contribution is 2.30. The number of carbonyl (C=O) groups excluding carboxylic acids is 1. The summed E-state index contributed by atoms with van der Waals surface area (Å²) in [6, 6.07) is 6.45. The fourth-order valence-electron chi connectivity index (χ4n) is 4.29. The minimum Gasteiger partial charge on any atom is -0.336 e. The van der Waals surface area contributed by atoms with Gasteiger partial charge < -0.3 is 4.90 Å². The van der Waals surface area contributed by atoms with Crippen LogP contribution in [0.5, 0.6) is 0 Å². The highest BCUT2D eigenvalue weighted by atomic mass is 16.2. The first-order valence-corrected chi connectivity index (χ1v) is 10.2. The molecule has 3 heterocycles. The number of aryl methyl sites for hydroxylation is 3. The minimum absolute atomic E-state index is 0.121. The summed E-state index contributed by atoms with van der Waals surface area (Å²) in [4.78, 5) is 20.5. The first kappa shape index (κ1) is 18.7. The fraction of sp³-hybridized carbons (Fsp3) is 0.435. The van der Waals surface area contributed by atoms with Gasteiger partial charge in [0.2, 0.25) is 0 Å². The Hall–Kier alpha value is -2.69. The van der Waals surface area contributed by atoms with Crippen LogP contribution >= 0.6 is 0 Å². The van der Waals surface area contributed by atoms with Gasteiger partial charge in [0.25, 0.3) is 5.91 Å². The van der Waals surface area contributed by atoms with E-state index in [4.69, 9.17) is 4.98 Å². The molecule has 0 unspecified atom stereocenters. The first-order chi connectivity index (χ1) is 13.5. The zero-order valence-corrected chi connectivity index (χ0v) is 17.2. The fourth-order valence-corrected chi connectivity index (χ4v) is 4.29. The van der Waals surface area contributed by atoms with Crippen molar-refractivity contribution in [3.05, 3.63) is 47.3 Å². The Labute approximate surface area is 166 Å². The maximum absolute atomic E-state index is 13.6. The number of fused-ring (bicyclic) bond motifs is 1. The van der Waals surface area contributed by atoms with Crippen molar-refractivity contribution in [2.45, 2.75) is 59.5 Å². The molecule has 4 rings (SSSR count). The van der Waals surface area contributed by atoms with Crippen molar-refractivity contribution >= 4 is 16.8 Å². The van der Waals surface area contributed by atoms with Crippen molar-refractivity contribution in [2.24, 2.45) is 0 Å². The van der Waals surface area contributed by atoms with Crippen molar-refractivity contribution in [1.82, 2.24) is 19.7 Å². The molecule has 1 saturated heterocycles. The molecule has 3 aromatic rings. The molecule has 1 aliphatic heterocycles. The molecule has 5 heteroatoms. The third-order valence-corrected chi connectivity index (χ3v) is 5.80. The van der Waals surface area contributed by atoms with E-state index in [1.54, 1.807) is 0 Å². The molecule has 1 fully saturated rings. The maximum Gasteiger partial charge on any atom is 0.254 e. The summed E-state index contributed by atoms with van der Waals surface area (Å²) in [7, 11) is 0. The van der Waals surface area contributed by atoms with Gasteiger partial charge in [0, 0.05) is 36.3 Å². The van der Waals surface area contributed by atoms with Crippen LogP contribution in [0, 0.1) is 13.8 Å². The summed E-state index contributed by atoms with van der Waals surface area (Å²) in [5.41, 5.74) is 5.66. The van der Waals surface area contributed by atoms with Crippen molar-refractivity contribution in [2.75, 3.05) is 6.54 Å². The molecule has 0 saturated carbocycles. The zero-order chi connectivity index (χ0) is 19.8. The van der Waals surface area contributed by atoms with Gasteiger partial charge in [-0.15, -0.1) is 0 Å². The molecule has 0 bridgehead atoms. The summed E-state index contributed by atoms with van der Waals surface area (Å²) in [5.74, 6) is 0.121. The summed E-state index contributed by atoms with van der Waals surface area (Å²) in [5, 5.41) is 5.36. The molecule has 28 heavy (non-hydrogen) atoms. The summed E-state index contributed by atoms with van der Waals surface area (Å²) < 4.78 is 1.89. The Bertz CT molecular complexity index is 1040. The lowest BCUT2D eigenvalue weighted by Gasteiger charge is -2.34. The predicted octanol–water partition coefficient (Wildman–Crippen LogP) is 4.75. The topological polar surface area (TPSA) is 51.0 Å². The Kier molecular flexibility index (Phi) is 4.92. The van der Waals surface area contributed by atoms with Crippen LogP contribution in [0.4, 0.5) is 0 Å². The second-order valence-corrected chi connectivity index (χ2v) is 7.96. The van der Waals surface area contributed by atoms with Gasteiger partial charge in [-0.3, -0.25) is 9.48 Å². The normalized spacial score (nSPS) is 17.3. The predicted molar refractivity (Wildman–Crippen MR) is 112 cm³/mol. The van der Waals surface area contributed by atoms with E-state index in [0.717, 1.165) is 64.8 Å². The zero-order valence-electron chi connectivity index (χ0n) is 17.2. The van der Waals surface area contributed by atoms with Crippen molar-refractivity contribution in [3.8, 4) is 11.3 Å². The smallest absolute Gasteiger partial charge is 0.254 e.